The second-order valence-electron chi connectivity index (χ2n) is 4.65. The zero-order valence-corrected chi connectivity index (χ0v) is 13.8. The van der Waals surface area contributed by atoms with Gasteiger partial charge in [-0.05, 0) is 0 Å². The number of benzene rings is 2. The van der Waals surface area contributed by atoms with Crippen molar-refractivity contribution in [2.24, 2.45) is 0 Å². The Labute approximate surface area is 111 Å². The van der Waals surface area contributed by atoms with E-state index in [1.807, 2.05) is 0 Å². The molecule has 0 aliphatic carbocycles. The molecule has 0 aromatic heterocycles. The molecule has 0 fully saturated rings. The first-order valence-electron chi connectivity index (χ1n) is 6.46. The zero-order valence-electron chi connectivity index (χ0n) is 10.5. The van der Waals surface area contributed by atoms with Crippen LogP contribution < -0.4 is 0 Å². The van der Waals surface area contributed by atoms with Crippen LogP contribution in [-0.4, -0.2) is 19.8 Å². The standard InChI is InChI=1S/2C7H7.C2H5.Sn.H/c2*1-7-5-3-2-4-6-7;1-2;;/h2*2-6H,1H2;1H2,2H3;;. The SMILES string of the molecule is C[CH2][SnH]([CH2]c1ccccc1)[CH2]c1ccccc1. The van der Waals surface area contributed by atoms with Crippen LogP contribution >= 0.6 is 0 Å². The molecule has 0 unspecified atom stereocenters. The molecule has 0 aliphatic heterocycles. The molecular formula is C16H20Sn. The molecule has 0 saturated heterocycles. The van der Waals surface area contributed by atoms with E-state index in [4.69, 9.17) is 0 Å². The Kier molecular flexibility index (Phi) is 5.11. The third kappa shape index (κ3) is 4.19. The van der Waals surface area contributed by atoms with Gasteiger partial charge in [0.2, 0.25) is 0 Å². The Balaban J connectivity index is 1.98. The third-order valence-corrected chi connectivity index (χ3v) is 12.6. The molecule has 0 bridgehead atoms. The van der Waals surface area contributed by atoms with Gasteiger partial charge in [0.15, 0.2) is 0 Å². The predicted octanol–water partition coefficient (Wildman–Crippen LogP) is 3.80. The van der Waals surface area contributed by atoms with Gasteiger partial charge in [0.05, 0.1) is 0 Å². The first-order valence-corrected chi connectivity index (χ1v) is 13.5. The molecule has 1 heteroatoms. The van der Waals surface area contributed by atoms with Crippen LogP contribution in [0.1, 0.15) is 18.1 Å². The first-order chi connectivity index (χ1) is 8.38. The van der Waals surface area contributed by atoms with E-state index in [0.717, 1.165) is 0 Å². The van der Waals surface area contributed by atoms with Crippen LogP contribution in [0, 0.1) is 0 Å². The fourth-order valence-corrected chi connectivity index (χ4v) is 9.67. The Morgan fingerprint density at radius 1 is 0.706 bits per heavy atom. The maximum absolute atomic E-state index is 2.38. The van der Waals surface area contributed by atoms with Gasteiger partial charge < -0.3 is 0 Å². The van der Waals surface area contributed by atoms with E-state index in [-0.39, 0.29) is 0 Å². The average molecular weight is 331 g/mol. The number of hydrogen-bond acceptors (Lipinski definition) is 0. The summed E-state index contributed by atoms with van der Waals surface area (Å²) in [6.45, 7) is 2.38. The summed E-state index contributed by atoms with van der Waals surface area (Å²) in [5, 5.41) is 0. The fourth-order valence-electron chi connectivity index (χ4n) is 2.26. The van der Waals surface area contributed by atoms with Gasteiger partial charge in [0.1, 0.15) is 0 Å². The summed E-state index contributed by atoms with van der Waals surface area (Å²) in [5.74, 6) is 0. The normalized spacial score (nSPS) is 10.7. The first kappa shape index (κ1) is 12.7. The van der Waals surface area contributed by atoms with Crippen molar-refractivity contribution >= 4 is 19.8 Å². The Morgan fingerprint density at radius 2 is 1.12 bits per heavy atom. The Morgan fingerprint density at radius 3 is 1.47 bits per heavy atom. The second-order valence-corrected chi connectivity index (χ2v) is 14.3. The molecule has 0 aliphatic rings. The summed E-state index contributed by atoms with van der Waals surface area (Å²) in [5.41, 5.74) is 3.09. The van der Waals surface area contributed by atoms with Crippen LogP contribution in [0.3, 0.4) is 0 Å². The zero-order chi connectivity index (χ0) is 11.9. The molecule has 2 aromatic carbocycles. The fraction of sp³-hybridized carbons (Fsp3) is 0.250. The summed E-state index contributed by atoms with van der Waals surface area (Å²) in [4.78, 5) is 0. The van der Waals surface area contributed by atoms with Crippen molar-refractivity contribution in [3.63, 3.8) is 0 Å². The van der Waals surface area contributed by atoms with E-state index in [1.54, 1.807) is 11.1 Å². The van der Waals surface area contributed by atoms with Crippen molar-refractivity contribution in [3.8, 4) is 0 Å². The average Bonchev–Trinajstić information content (AvgIpc) is 2.40. The molecular weight excluding hydrogens is 311 g/mol. The van der Waals surface area contributed by atoms with E-state index in [1.165, 1.54) is 13.3 Å². The third-order valence-electron chi connectivity index (χ3n) is 3.31. The van der Waals surface area contributed by atoms with E-state index >= 15 is 0 Å². The van der Waals surface area contributed by atoms with Crippen molar-refractivity contribution in [2.75, 3.05) is 0 Å². The van der Waals surface area contributed by atoms with E-state index in [9.17, 15) is 0 Å². The summed E-state index contributed by atoms with van der Waals surface area (Å²) >= 11 is -1.39. The van der Waals surface area contributed by atoms with Crippen LogP contribution in [0.4, 0.5) is 0 Å². The molecule has 0 radical (unpaired) electrons. The molecule has 17 heavy (non-hydrogen) atoms. The molecule has 0 atom stereocenters. The molecule has 0 nitrogen and oxygen atoms in total. The minimum atomic E-state index is -1.39. The number of rotatable bonds is 5. The van der Waals surface area contributed by atoms with Crippen molar-refractivity contribution in [1.82, 2.24) is 0 Å². The molecule has 0 N–H and O–H groups in total. The van der Waals surface area contributed by atoms with Crippen LogP contribution in [0.2, 0.25) is 4.44 Å². The molecule has 2 rings (SSSR count). The van der Waals surface area contributed by atoms with E-state index in [0.29, 0.717) is 0 Å². The second kappa shape index (κ2) is 6.85. The van der Waals surface area contributed by atoms with Crippen molar-refractivity contribution < 1.29 is 0 Å². The molecule has 0 heterocycles. The molecule has 0 spiro atoms. The monoisotopic (exact) mass is 332 g/mol. The molecule has 0 amide bonds. The van der Waals surface area contributed by atoms with Gasteiger partial charge in [-0.25, -0.2) is 0 Å². The predicted molar refractivity (Wildman–Crippen MR) is 77.9 cm³/mol. The molecule has 88 valence electrons. The van der Waals surface area contributed by atoms with Gasteiger partial charge in [-0.15, -0.1) is 0 Å². The summed E-state index contributed by atoms with van der Waals surface area (Å²) in [7, 11) is 0. The molecule has 0 saturated carbocycles. The Bertz CT molecular complexity index is 380. The number of hydrogen-bond donors (Lipinski definition) is 0. The van der Waals surface area contributed by atoms with Gasteiger partial charge >= 0.3 is 112 Å². The summed E-state index contributed by atoms with van der Waals surface area (Å²) < 4.78 is 4.24. The van der Waals surface area contributed by atoms with Crippen molar-refractivity contribution in [1.29, 1.82) is 0 Å². The van der Waals surface area contributed by atoms with E-state index in [2.05, 4.69) is 67.6 Å². The van der Waals surface area contributed by atoms with Gasteiger partial charge in [0.25, 0.3) is 0 Å². The van der Waals surface area contributed by atoms with Crippen LogP contribution in [-0.2, 0) is 8.87 Å². The van der Waals surface area contributed by atoms with Gasteiger partial charge in [-0.3, -0.25) is 0 Å². The van der Waals surface area contributed by atoms with Crippen LogP contribution in [0.5, 0.6) is 0 Å². The summed E-state index contributed by atoms with van der Waals surface area (Å²) in [6.07, 6.45) is 0. The van der Waals surface area contributed by atoms with E-state index < -0.39 is 19.8 Å². The minimum absolute atomic E-state index is 1.39. The molecule has 2 aromatic rings. The Hall–Kier alpha value is -0.761. The quantitative estimate of drug-likeness (QED) is 0.731. The van der Waals surface area contributed by atoms with Crippen molar-refractivity contribution in [3.05, 3.63) is 71.8 Å². The van der Waals surface area contributed by atoms with Crippen LogP contribution in [0.25, 0.3) is 0 Å². The van der Waals surface area contributed by atoms with Gasteiger partial charge in [-0.2, -0.15) is 0 Å². The van der Waals surface area contributed by atoms with Gasteiger partial charge in [0, 0.05) is 0 Å². The maximum atomic E-state index is 2.38. The van der Waals surface area contributed by atoms with Crippen molar-refractivity contribution in [2.45, 2.75) is 20.2 Å². The summed E-state index contributed by atoms with van der Waals surface area (Å²) in [6, 6.07) is 22.0. The van der Waals surface area contributed by atoms with Gasteiger partial charge in [-0.1, -0.05) is 0 Å². The van der Waals surface area contributed by atoms with Crippen LogP contribution in [0.15, 0.2) is 60.7 Å². The topological polar surface area (TPSA) is 0 Å².